The highest BCUT2D eigenvalue weighted by Gasteiger charge is 2.34. The lowest BCUT2D eigenvalue weighted by molar-refractivity contribution is 0.0786. The molecule has 0 heterocycles. The Balaban J connectivity index is 2.05. The number of hydrogen-bond donors (Lipinski definition) is 1. The van der Waals surface area contributed by atoms with Gasteiger partial charge >= 0.3 is 0 Å². The summed E-state index contributed by atoms with van der Waals surface area (Å²) in [6, 6.07) is 4.91. The van der Waals surface area contributed by atoms with Crippen molar-refractivity contribution in [1.29, 1.82) is 0 Å². The van der Waals surface area contributed by atoms with Crippen molar-refractivity contribution in [3.8, 4) is 5.75 Å². The first-order chi connectivity index (χ1) is 7.99. The fraction of sp³-hybridized carbons (Fsp3) is 0.462. The summed E-state index contributed by atoms with van der Waals surface area (Å²) >= 11 is 3.20. The van der Waals surface area contributed by atoms with Crippen molar-refractivity contribution in [2.24, 2.45) is 11.8 Å². The molecule has 3 nitrogen and oxygen atoms in total. The van der Waals surface area contributed by atoms with E-state index in [0.29, 0.717) is 16.0 Å². The molecule has 1 N–H and O–H groups in total. The average molecular weight is 298 g/mol. The summed E-state index contributed by atoms with van der Waals surface area (Å²) in [6.07, 6.45) is 1.21. The second-order valence-electron chi connectivity index (χ2n) is 4.82. The highest BCUT2D eigenvalue weighted by atomic mass is 79.9. The number of benzene rings is 1. The number of aromatic hydroxyl groups is 1. The number of nitrogens with zero attached hydrogens (tertiary/aromatic N) is 1. The summed E-state index contributed by atoms with van der Waals surface area (Å²) in [7, 11) is 1.81. The Labute approximate surface area is 110 Å². The minimum atomic E-state index is -0.0353. The van der Waals surface area contributed by atoms with Gasteiger partial charge in [-0.15, -0.1) is 0 Å². The Hall–Kier alpha value is -1.03. The Bertz CT molecular complexity index is 447. The van der Waals surface area contributed by atoms with Crippen LogP contribution in [0.3, 0.4) is 0 Å². The molecule has 0 aliphatic heterocycles. The molecule has 1 fully saturated rings. The normalized spacial score (nSPS) is 22.3. The second kappa shape index (κ2) is 4.69. The highest BCUT2D eigenvalue weighted by molar-refractivity contribution is 9.10. The predicted molar refractivity (Wildman–Crippen MR) is 70.0 cm³/mol. The first kappa shape index (κ1) is 12.4. The maximum Gasteiger partial charge on any atom is 0.253 e. The van der Waals surface area contributed by atoms with E-state index in [1.54, 1.807) is 17.0 Å². The molecule has 2 atom stereocenters. The van der Waals surface area contributed by atoms with E-state index in [2.05, 4.69) is 22.9 Å². The van der Waals surface area contributed by atoms with Gasteiger partial charge in [-0.05, 0) is 52.4 Å². The zero-order valence-electron chi connectivity index (χ0n) is 9.98. The largest absolute Gasteiger partial charge is 0.507 e. The van der Waals surface area contributed by atoms with Gasteiger partial charge in [-0.1, -0.05) is 6.92 Å². The SMILES string of the molecule is CC1CC1CN(C)C(=O)c1ccc(Br)c(O)c1. The van der Waals surface area contributed by atoms with Crippen LogP contribution in [0.25, 0.3) is 0 Å². The van der Waals surface area contributed by atoms with Gasteiger partial charge in [0, 0.05) is 19.2 Å². The number of hydrogen-bond acceptors (Lipinski definition) is 2. The molecular weight excluding hydrogens is 282 g/mol. The number of phenols is 1. The van der Waals surface area contributed by atoms with Crippen molar-refractivity contribution in [2.45, 2.75) is 13.3 Å². The Morgan fingerprint density at radius 1 is 1.59 bits per heavy atom. The van der Waals surface area contributed by atoms with Crippen LogP contribution in [0.4, 0.5) is 0 Å². The van der Waals surface area contributed by atoms with Crippen LogP contribution in [-0.2, 0) is 0 Å². The molecular formula is C13H16BrNO2. The van der Waals surface area contributed by atoms with Gasteiger partial charge in [0.05, 0.1) is 4.47 Å². The molecule has 92 valence electrons. The van der Waals surface area contributed by atoms with E-state index < -0.39 is 0 Å². The van der Waals surface area contributed by atoms with Gasteiger partial charge in [0.25, 0.3) is 5.91 Å². The van der Waals surface area contributed by atoms with Crippen molar-refractivity contribution >= 4 is 21.8 Å². The zero-order valence-corrected chi connectivity index (χ0v) is 11.6. The molecule has 2 unspecified atom stereocenters. The molecule has 2 rings (SSSR count). The zero-order chi connectivity index (χ0) is 12.6. The van der Waals surface area contributed by atoms with Gasteiger partial charge < -0.3 is 10.0 Å². The topological polar surface area (TPSA) is 40.5 Å². The maximum absolute atomic E-state index is 12.1. The minimum absolute atomic E-state index is 0.0353. The summed E-state index contributed by atoms with van der Waals surface area (Å²) in [5.41, 5.74) is 0.529. The number of amides is 1. The molecule has 0 bridgehead atoms. The number of halogens is 1. The van der Waals surface area contributed by atoms with Gasteiger partial charge in [0.1, 0.15) is 5.75 Å². The quantitative estimate of drug-likeness (QED) is 0.932. The van der Waals surface area contributed by atoms with Crippen LogP contribution in [0.5, 0.6) is 5.75 Å². The molecule has 17 heavy (non-hydrogen) atoms. The first-order valence-corrected chi connectivity index (χ1v) is 6.52. The van der Waals surface area contributed by atoms with E-state index in [9.17, 15) is 9.90 Å². The number of carbonyl (C=O) groups is 1. The van der Waals surface area contributed by atoms with Gasteiger partial charge in [0.15, 0.2) is 0 Å². The molecule has 1 aromatic rings. The molecule has 1 aliphatic carbocycles. The molecule has 0 radical (unpaired) electrons. The number of phenolic OH excluding ortho intramolecular Hbond substituents is 1. The predicted octanol–water partition coefficient (Wildman–Crippen LogP) is 2.88. The average Bonchev–Trinajstić information content (AvgIpc) is 2.97. The lowest BCUT2D eigenvalue weighted by Crippen LogP contribution is -2.29. The van der Waals surface area contributed by atoms with Crippen LogP contribution < -0.4 is 0 Å². The second-order valence-corrected chi connectivity index (χ2v) is 5.68. The fourth-order valence-electron chi connectivity index (χ4n) is 1.95. The van der Waals surface area contributed by atoms with Crippen molar-refractivity contribution < 1.29 is 9.90 Å². The van der Waals surface area contributed by atoms with Gasteiger partial charge in [-0.3, -0.25) is 4.79 Å². The third kappa shape index (κ3) is 2.80. The smallest absolute Gasteiger partial charge is 0.253 e. The van der Waals surface area contributed by atoms with Crippen LogP contribution in [0.2, 0.25) is 0 Å². The van der Waals surface area contributed by atoms with E-state index in [-0.39, 0.29) is 11.7 Å². The maximum atomic E-state index is 12.1. The highest BCUT2D eigenvalue weighted by Crippen LogP contribution is 2.38. The van der Waals surface area contributed by atoms with Crippen LogP contribution in [0.1, 0.15) is 23.7 Å². The first-order valence-electron chi connectivity index (χ1n) is 5.73. The van der Waals surface area contributed by atoms with E-state index in [1.807, 2.05) is 7.05 Å². The third-order valence-electron chi connectivity index (χ3n) is 3.32. The molecule has 0 spiro atoms. The molecule has 4 heteroatoms. The Morgan fingerprint density at radius 3 is 2.76 bits per heavy atom. The Morgan fingerprint density at radius 2 is 2.24 bits per heavy atom. The number of carbonyl (C=O) groups excluding carboxylic acids is 1. The van der Waals surface area contributed by atoms with Crippen molar-refractivity contribution in [2.75, 3.05) is 13.6 Å². The monoisotopic (exact) mass is 297 g/mol. The lowest BCUT2D eigenvalue weighted by atomic mass is 10.2. The Kier molecular flexibility index (Phi) is 3.43. The van der Waals surface area contributed by atoms with E-state index in [4.69, 9.17) is 0 Å². The van der Waals surface area contributed by atoms with Gasteiger partial charge in [0.2, 0.25) is 0 Å². The molecule has 0 aromatic heterocycles. The van der Waals surface area contributed by atoms with Gasteiger partial charge in [-0.2, -0.15) is 0 Å². The summed E-state index contributed by atoms with van der Waals surface area (Å²) in [5, 5.41) is 9.55. The van der Waals surface area contributed by atoms with Crippen LogP contribution >= 0.6 is 15.9 Å². The van der Waals surface area contributed by atoms with E-state index in [1.165, 1.54) is 12.5 Å². The number of rotatable bonds is 3. The van der Waals surface area contributed by atoms with Crippen LogP contribution in [-0.4, -0.2) is 29.5 Å². The van der Waals surface area contributed by atoms with Gasteiger partial charge in [-0.25, -0.2) is 0 Å². The molecule has 1 aromatic carbocycles. The summed E-state index contributed by atoms with van der Waals surface area (Å²) in [4.78, 5) is 13.8. The molecule has 1 aliphatic rings. The minimum Gasteiger partial charge on any atom is -0.507 e. The fourth-order valence-corrected chi connectivity index (χ4v) is 2.20. The van der Waals surface area contributed by atoms with E-state index >= 15 is 0 Å². The molecule has 1 amide bonds. The third-order valence-corrected chi connectivity index (χ3v) is 3.99. The van der Waals surface area contributed by atoms with E-state index in [0.717, 1.165) is 12.5 Å². The summed E-state index contributed by atoms with van der Waals surface area (Å²) < 4.78 is 0.604. The van der Waals surface area contributed by atoms with Crippen molar-refractivity contribution in [3.05, 3.63) is 28.2 Å². The molecule has 0 saturated heterocycles. The van der Waals surface area contributed by atoms with Crippen molar-refractivity contribution in [3.63, 3.8) is 0 Å². The summed E-state index contributed by atoms with van der Waals surface area (Å²) in [5.74, 6) is 1.45. The summed E-state index contributed by atoms with van der Waals surface area (Å²) in [6.45, 7) is 3.01. The lowest BCUT2D eigenvalue weighted by Gasteiger charge is -2.17. The standard InChI is InChI=1S/C13H16BrNO2/c1-8-5-10(8)7-15(2)13(17)9-3-4-11(14)12(16)6-9/h3-4,6,8,10,16H,5,7H2,1-2H3. The van der Waals surface area contributed by atoms with Crippen LogP contribution in [0, 0.1) is 11.8 Å². The van der Waals surface area contributed by atoms with Crippen molar-refractivity contribution in [1.82, 2.24) is 4.90 Å². The molecule has 1 saturated carbocycles. The van der Waals surface area contributed by atoms with Crippen LogP contribution in [0.15, 0.2) is 22.7 Å².